The van der Waals surface area contributed by atoms with Crippen LogP contribution in [0, 0.1) is 0 Å². The number of hydrogen-bond donors (Lipinski definition) is 2. The van der Waals surface area contributed by atoms with Crippen LogP contribution in [0.4, 0.5) is 11.4 Å². The van der Waals surface area contributed by atoms with E-state index in [2.05, 4.69) is 33.5 Å². The monoisotopic (exact) mass is 272 g/mol. The number of hydrogen-bond acceptors (Lipinski definition) is 5. The molecule has 106 valence electrons. The van der Waals surface area contributed by atoms with Gasteiger partial charge in [0.25, 0.3) is 0 Å². The average molecular weight is 272 g/mol. The molecule has 0 unspecified atom stereocenters. The van der Waals surface area contributed by atoms with Crippen LogP contribution in [0.15, 0.2) is 24.3 Å². The Morgan fingerprint density at radius 3 is 2.80 bits per heavy atom. The van der Waals surface area contributed by atoms with Gasteiger partial charge in [-0.3, -0.25) is 10.8 Å². The fraction of sp³-hybridized carbons (Fsp3) is 0.400. The summed E-state index contributed by atoms with van der Waals surface area (Å²) in [6.07, 6.45) is 2.54. The van der Waals surface area contributed by atoms with Crippen molar-refractivity contribution in [2.75, 3.05) is 30.5 Å². The quantitative estimate of drug-likeness (QED) is 0.660. The SMILES string of the molecule is COCc1cc(NN)c2cc(N3CCCC3)ccc2n1. The molecule has 1 aliphatic heterocycles. The predicted octanol–water partition coefficient (Wildman–Crippen LogP) is 2.27. The molecule has 3 N–H and O–H groups in total. The van der Waals surface area contributed by atoms with Gasteiger partial charge >= 0.3 is 0 Å². The molecule has 0 spiro atoms. The van der Waals surface area contributed by atoms with Crippen molar-refractivity contribution in [3.63, 3.8) is 0 Å². The minimum atomic E-state index is 0.485. The van der Waals surface area contributed by atoms with Crippen molar-refractivity contribution < 1.29 is 4.74 Å². The molecule has 0 bridgehead atoms. The van der Waals surface area contributed by atoms with Crippen molar-refractivity contribution in [2.45, 2.75) is 19.4 Å². The van der Waals surface area contributed by atoms with Gasteiger partial charge < -0.3 is 15.1 Å². The third kappa shape index (κ3) is 2.42. The van der Waals surface area contributed by atoms with Gasteiger partial charge in [-0.2, -0.15) is 0 Å². The fourth-order valence-corrected chi connectivity index (χ4v) is 2.78. The van der Waals surface area contributed by atoms with Crippen LogP contribution in [0.25, 0.3) is 10.9 Å². The Balaban J connectivity index is 2.05. The highest BCUT2D eigenvalue weighted by Crippen LogP contribution is 2.29. The number of fused-ring (bicyclic) bond motifs is 1. The molecule has 0 saturated carbocycles. The summed E-state index contributed by atoms with van der Waals surface area (Å²) >= 11 is 0. The normalized spacial score (nSPS) is 15.0. The zero-order valence-electron chi connectivity index (χ0n) is 11.7. The number of nitrogen functional groups attached to an aromatic ring is 1. The van der Waals surface area contributed by atoms with E-state index in [4.69, 9.17) is 10.6 Å². The smallest absolute Gasteiger partial charge is 0.0885 e. The van der Waals surface area contributed by atoms with E-state index >= 15 is 0 Å². The van der Waals surface area contributed by atoms with Gasteiger partial charge in [0.15, 0.2) is 0 Å². The number of rotatable bonds is 4. The number of ether oxygens (including phenoxy) is 1. The third-order valence-corrected chi connectivity index (χ3v) is 3.76. The van der Waals surface area contributed by atoms with Gasteiger partial charge in [-0.15, -0.1) is 0 Å². The Bertz CT molecular complexity index is 608. The van der Waals surface area contributed by atoms with E-state index in [-0.39, 0.29) is 0 Å². The van der Waals surface area contributed by atoms with E-state index in [1.807, 2.05) is 6.07 Å². The molecule has 0 aliphatic carbocycles. The number of nitrogens with two attached hydrogens (primary N) is 1. The maximum atomic E-state index is 5.65. The molecule has 1 fully saturated rings. The standard InChI is InChI=1S/C15H20N4O/c1-20-10-11-8-15(18-16)13-9-12(4-5-14(13)17-11)19-6-2-3-7-19/h4-5,8-9H,2-3,6-7,10,16H2,1H3,(H,17,18). The zero-order chi connectivity index (χ0) is 13.9. The second-order valence-electron chi connectivity index (χ2n) is 5.13. The Kier molecular flexibility index (Phi) is 3.71. The molecular formula is C15H20N4O. The maximum absolute atomic E-state index is 5.65. The lowest BCUT2D eigenvalue weighted by molar-refractivity contribution is 0.182. The van der Waals surface area contributed by atoms with E-state index < -0.39 is 0 Å². The first-order chi connectivity index (χ1) is 9.81. The highest BCUT2D eigenvalue weighted by Gasteiger charge is 2.14. The van der Waals surface area contributed by atoms with Crippen LogP contribution in [0.5, 0.6) is 0 Å². The van der Waals surface area contributed by atoms with Crippen molar-refractivity contribution in [3.05, 3.63) is 30.0 Å². The second-order valence-corrected chi connectivity index (χ2v) is 5.13. The van der Waals surface area contributed by atoms with Gasteiger partial charge in [-0.05, 0) is 37.1 Å². The molecule has 3 rings (SSSR count). The summed E-state index contributed by atoms with van der Waals surface area (Å²) in [6, 6.07) is 8.31. The molecule has 5 nitrogen and oxygen atoms in total. The molecular weight excluding hydrogens is 252 g/mol. The van der Waals surface area contributed by atoms with Crippen molar-refractivity contribution >= 4 is 22.3 Å². The van der Waals surface area contributed by atoms with E-state index in [1.165, 1.54) is 18.5 Å². The predicted molar refractivity (Wildman–Crippen MR) is 81.7 cm³/mol. The van der Waals surface area contributed by atoms with Crippen LogP contribution in [-0.2, 0) is 11.3 Å². The molecule has 2 aromatic rings. The molecule has 1 aromatic carbocycles. The molecule has 2 heterocycles. The van der Waals surface area contributed by atoms with E-state index in [1.54, 1.807) is 7.11 Å². The Morgan fingerprint density at radius 2 is 2.10 bits per heavy atom. The average Bonchev–Trinajstić information content (AvgIpc) is 3.00. The number of methoxy groups -OCH3 is 1. The van der Waals surface area contributed by atoms with Gasteiger partial charge in [-0.1, -0.05) is 0 Å². The summed E-state index contributed by atoms with van der Waals surface area (Å²) in [5, 5.41) is 1.05. The molecule has 1 saturated heterocycles. The molecule has 0 amide bonds. The van der Waals surface area contributed by atoms with Crippen LogP contribution >= 0.6 is 0 Å². The van der Waals surface area contributed by atoms with Crippen molar-refractivity contribution in [3.8, 4) is 0 Å². The topological polar surface area (TPSA) is 63.4 Å². The number of aromatic nitrogens is 1. The Labute approximate surface area is 118 Å². The molecule has 1 aliphatic rings. The van der Waals surface area contributed by atoms with Gasteiger partial charge in [0.1, 0.15) is 0 Å². The minimum Gasteiger partial charge on any atom is -0.378 e. The molecule has 5 heteroatoms. The van der Waals surface area contributed by atoms with Crippen molar-refractivity contribution in [2.24, 2.45) is 5.84 Å². The highest BCUT2D eigenvalue weighted by molar-refractivity contribution is 5.93. The first-order valence-corrected chi connectivity index (χ1v) is 6.96. The number of nitrogens with one attached hydrogen (secondary N) is 1. The number of nitrogens with zero attached hydrogens (tertiary/aromatic N) is 2. The summed E-state index contributed by atoms with van der Waals surface area (Å²) < 4.78 is 5.14. The van der Waals surface area contributed by atoms with Crippen LogP contribution in [-0.4, -0.2) is 25.2 Å². The second kappa shape index (κ2) is 5.64. The number of anilines is 2. The lowest BCUT2D eigenvalue weighted by atomic mass is 10.1. The van der Waals surface area contributed by atoms with Crippen LogP contribution in [0.1, 0.15) is 18.5 Å². The Morgan fingerprint density at radius 1 is 1.30 bits per heavy atom. The summed E-state index contributed by atoms with van der Waals surface area (Å²) in [7, 11) is 1.66. The van der Waals surface area contributed by atoms with Gasteiger partial charge in [-0.25, -0.2) is 0 Å². The summed E-state index contributed by atoms with van der Waals surface area (Å²) in [4.78, 5) is 7.01. The van der Waals surface area contributed by atoms with E-state index in [0.29, 0.717) is 6.61 Å². The van der Waals surface area contributed by atoms with Crippen molar-refractivity contribution in [1.82, 2.24) is 4.98 Å². The lowest BCUT2D eigenvalue weighted by Crippen LogP contribution is -2.17. The summed E-state index contributed by atoms with van der Waals surface area (Å²) in [6.45, 7) is 2.75. The summed E-state index contributed by atoms with van der Waals surface area (Å²) in [5.74, 6) is 5.65. The lowest BCUT2D eigenvalue weighted by Gasteiger charge is -2.19. The number of pyridine rings is 1. The molecule has 0 radical (unpaired) electrons. The Hall–Kier alpha value is -1.85. The first-order valence-electron chi connectivity index (χ1n) is 6.96. The van der Waals surface area contributed by atoms with E-state index in [9.17, 15) is 0 Å². The maximum Gasteiger partial charge on any atom is 0.0885 e. The van der Waals surface area contributed by atoms with Gasteiger partial charge in [0.2, 0.25) is 0 Å². The van der Waals surface area contributed by atoms with Gasteiger partial charge in [0, 0.05) is 31.3 Å². The fourth-order valence-electron chi connectivity index (χ4n) is 2.78. The number of benzene rings is 1. The summed E-state index contributed by atoms with van der Waals surface area (Å²) in [5.41, 5.74) is 6.72. The van der Waals surface area contributed by atoms with Crippen molar-refractivity contribution in [1.29, 1.82) is 0 Å². The molecule has 20 heavy (non-hydrogen) atoms. The first kappa shape index (κ1) is 13.1. The largest absolute Gasteiger partial charge is 0.378 e. The molecule has 1 aromatic heterocycles. The number of hydrazine groups is 1. The zero-order valence-corrected chi connectivity index (χ0v) is 11.7. The van der Waals surface area contributed by atoms with Crippen LogP contribution in [0.3, 0.4) is 0 Å². The van der Waals surface area contributed by atoms with Crippen LogP contribution < -0.4 is 16.2 Å². The van der Waals surface area contributed by atoms with E-state index in [0.717, 1.165) is 35.4 Å². The third-order valence-electron chi connectivity index (χ3n) is 3.76. The van der Waals surface area contributed by atoms with Crippen LogP contribution in [0.2, 0.25) is 0 Å². The minimum absolute atomic E-state index is 0.485. The van der Waals surface area contributed by atoms with Gasteiger partial charge in [0.05, 0.1) is 23.5 Å². The molecule has 0 atom stereocenters. The highest BCUT2D eigenvalue weighted by atomic mass is 16.5.